The fourth-order valence-corrected chi connectivity index (χ4v) is 2.25. The molecule has 0 N–H and O–H groups in total. The zero-order valence-electron chi connectivity index (χ0n) is 9.86. The Morgan fingerprint density at radius 2 is 2.00 bits per heavy atom. The van der Waals surface area contributed by atoms with Crippen molar-refractivity contribution in [2.75, 3.05) is 0 Å². The predicted molar refractivity (Wildman–Crippen MR) is 72.7 cm³/mol. The average molecular weight is 336 g/mol. The molecule has 0 atom stereocenters. The van der Waals surface area contributed by atoms with Crippen LogP contribution in [-0.4, -0.2) is 9.13 Å². The largest absolute Gasteiger partial charge is 0.330 e. The smallest absolute Gasteiger partial charge is 0.302 e. The lowest BCUT2D eigenvalue weighted by Gasteiger charge is -2.08. The second-order valence-electron chi connectivity index (χ2n) is 4.36. The summed E-state index contributed by atoms with van der Waals surface area (Å²) in [7, 11) is 1.67. The van der Waals surface area contributed by atoms with Crippen molar-refractivity contribution in [3.05, 3.63) is 30.6 Å². The quantitative estimate of drug-likeness (QED) is 0.784. The molecule has 16 heavy (non-hydrogen) atoms. The SMILES string of the molecule is CC(C)CCCn1c(=O)c(I)cn(C)c1=O. The molecule has 1 aromatic rings. The summed E-state index contributed by atoms with van der Waals surface area (Å²) in [5.41, 5.74) is -0.401. The minimum absolute atomic E-state index is 0.174. The Bertz CT molecular complexity index is 440. The Morgan fingerprint density at radius 1 is 1.38 bits per heavy atom. The summed E-state index contributed by atoms with van der Waals surface area (Å²) < 4.78 is 3.37. The third-order valence-electron chi connectivity index (χ3n) is 2.45. The molecule has 0 fully saturated rings. The first-order chi connectivity index (χ1) is 7.43. The van der Waals surface area contributed by atoms with Crippen molar-refractivity contribution in [1.29, 1.82) is 0 Å². The fourth-order valence-electron chi connectivity index (χ4n) is 1.54. The minimum atomic E-state index is -0.228. The maximum atomic E-state index is 11.8. The average Bonchev–Trinajstić information content (AvgIpc) is 2.20. The second-order valence-corrected chi connectivity index (χ2v) is 5.53. The van der Waals surface area contributed by atoms with E-state index in [-0.39, 0.29) is 11.2 Å². The molecular formula is C11H17IN2O2. The highest BCUT2D eigenvalue weighted by atomic mass is 127. The van der Waals surface area contributed by atoms with Gasteiger partial charge >= 0.3 is 5.69 Å². The van der Waals surface area contributed by atoms with Crippen LogP contribution in [0.5, 0.6) is 0 Å². The summed E-state index contributed by atoms with van der Waals surface area (Å²) in [6.45, 7) is 4.78. The van der Waals surface area contributed by atoms with E-state index in [0.717, 1.165) is 12.8 Å². The molecule has 0 bridgehead atoms. The number of aromatic nitrogens is 2. The van der Waals surface area contributed by atoms with E-state index in [1.165, 1.54) is 9.13 Å². The molecule has 1 rings (SSSR count). The van der Waals surface area contributed by atoms with Crippen molar-refractivity contribution >= 4 is 22.6 Å². The van der Waals surface area contributed by atoms with Crippen molar-refractivity contribution in [1.82, 2.24) is 9.13 Å². The molecule has 0 spiro atoms. The molecule has 0 saturated heterocycles. The maximum absolute atomic E-state index is 11.8. The van der Waals surface area contributed by atoms with Gasteiger partial charge in [-0.25, -0.2) is 4.79 Å². The van der Waals surface area contributed by atoms with Gasteiger partial charge in [-0.15, -0.1) is 0 Å². The van der Waals surface area contributed by atoms with Crippen LogP contribution in [0.15, 0.2) is 15.8 Å². The monoisotopic (exact) mass is 336 g/mol. The Hall–Kier alpha value is -0.590. The van der Waals surface area contributed by atoms with Crippen LogP contribution >= 0.6 is 22.6 Å². The lowest BCUT2D eigenvalue weighted by Crippen LogP contribution is -2.40. The van der Waals surface area contributed by atoms with Gasteiger partial charge in [-0.05, 0) is 41.4 Å². The number of aryl methyl sites for hydroxylation is 1. The normalized spacial score (nSPS) is 11.1. The lowest BCUT2D eigenvalue weighted by molar-refractivity contribution is 0.486. The Balaban J connectivity index is 2.95. The van der Waals surface area contributed by atoms with Gasteiger partial charge in [0.2, 0.25) is 0 Å². The van der Waals surface area contributed by atoms with Crippen LogP contribution in [0.3, 0.4) is 0 Å². The highest BCUT2D eigenvalue weighted by Gasteiger charge is 2.07. The van der Waals surface area contributed by atoms with Crippen molar-refractivity contribution in [3.63, 3.8) is 0 Å². The summed E-state index contributed by atoms with van der Waals surface area (Å²) in [6, 6.07) is 0. The molecule has 0 saturated carbocycles. The Kier molecular flexibility index (Phi) is 4.76. The maximum Gasteiger partial charge on any atom is 0.330 e. The summed E-state index contributed by atoms with van der Waals surface area (Å²) in [4.78, 5) is 23.5. The first kappa shape index (κ1) is 13.5. The van der Waals surface area contributed by atoms with E-state index in [0.29, 0.717) is 16.0 Å². The molecule has 0 aliphatic heterocycles. The van der Waals surface area contributed by atoms with E-state index in [9.17, 15) is 9.59 Å². The fraction of sp³-hybridized carbons (Fsp3) is 0.636. The highest BCUT2D eigenvalue weighted by Crippen LogP contribution is 2.03. The molecule has 90 valence electrons. The zero-order valence-corrected chi connectivity index (χ0v) is 12.0. The standard InChI is InChI=1S/C11H17IN2O2/c1-8(2)5-4-6-14-10(15)9(12)7-13(3)11(14)16/h7-8H,4-6H2,1-3H3. The third-order valence-corrected chi connectivity index (χ3v) is 3.19. The van der Waals surface area contributed by atoms with E-state index in [4.69, 9.17) is 0 Å². The number of hydrogen-bond acceptors (Lipinski definition) is 2. The van der Waals surface area contributed by atoms with Gasteiger partial charge in [0.1, 0.15) is 0 Å². The van der Waals surface area contributed by atoms with Crippen molar-refractivity contribution < 1.29 is 0 Å². The molecule has 0 radical (unpaired) electrons. The molecule has 5 heteroatoms. The van der Waals surface area contributed by atoms with Gasteiger partial charge in [0.05, 0.1) is 3.57 Å². The van der Waals surface area contributed by atoms with E-state index in [1.807, 2.05) is 22.6 Å². The highest BCUT2D eigenvalue weighted by molar-refractivity contribution is 14.1. The summed E-state index contributed by atoms with van der Waals surface area (Å²) in [6.07, 6.45) is 3.47. The molecule has 0 aliphatic carbocycles. The topological polar surface area (TPSA) is 44.0 Å². The number of halogens is 1. The van der Waals surface area contributed by atoms with E-state index in [1.54, 1.807) is 13.2 Å². The van der Waals surface area contributed by atoms with Crippen LogP contribution in [-0.2, 0) is 13.6 Å². The molecule has 0 aliphatic rings. The van der Waals surface area contributed by atoms with Gasteiger partial charge in [0, 0.05) is 19.8 Å². The van der Waals surface area contributed by atoms with Gasteiger partial charge in [0.15, 0.2) is 0 Å². The van der Waals surface area contributed by atoms with Crippen LogP contribution in [0.1, 0.15) is 26.7 Å². The zero-order chi connectivity index (χ0) is 12.3. The van der Waals surface area contributed by atoms with Gasteiger partial charge in [-0.1, -0.05) is 13.8 Å². The van der Waals surface area contributed by atoms with Crippen molar-refractivity contribution in [2.24, 2.45) is 13.0 Å². The summed E-state index contributed by atoms with van der Waals surface area (Å²) >= 11 is 1.96. The first-order valence-electron chi connectivity index (χ1n) is 5.39. The summed E-state index contributed by atoms with van der Waals surface area (Å²) in [5, 5.41) is 0. The van der Waals surface area contributed by atoms with Gasteiger partial charge in [-0.2, -0.15) is 0 Å². The third kappa shape index (κ3) is 3.20. The molecule has 0 aromatic carbocycles. The second kappa shape index (κ2) is 5.65. The number of nitrogens with zero attached hydrogens (tertiary/aromatic N) is 2. The van der Waals surface area contributed by atoms with Gasteiger partial charge in [0.25, 0.3) is 5.56 Å². The number of hydrogen-bond donors (Lipinski definition) is 0. The lowest BCUT2D eigenvalue weighted by atomic mass is 10.1. The first-order valence-corrected chi connectivity index (χ1v) is 6.47. The van der Waals surface area contributed by atoms with Gasteiger partial charge in [-0.3, -0.25) is 9.36 Å². The molecule has 0 amide bonds. The summed E-state index contributed by atoms with van der Waals surface area (Å²) in [5.74, 6) is 0.599. The van der Waals surface area contributed by atoms with E-state index in [2.05, 4.69) is 13.8 Å². The van der Waals surface area contributed by atoms with Crippen LogP contribution in [0, 0.1) is 9.49 Å². The molecule has 1 aromatic heterocycles. The minimum Gasteiger partial charge on any atom is -0.302 e. The van der Waals surface area contributed by atoms with Crippen LogP contribution < -0.4 is 11.2 Å². The molecular weight excluding hydrogens is 319 g/mol. The predicted octanol–water partition coefficient (Wildman–Crippen LogP) is 1.59. The Morgan fingerprint density at radius 3 is 2.56 bits per heavy atom. The van der Waals surface area contributed by atoms with Crippen molar-refractivity contribution in [2.45, 2.75) is 33.2 Å². The molecule has 4 nitrogen and oxygen atoms in total. The van der Waals surface area contributed by atoms with Crippen LogP contribution in [0.25, 0.3) is 0 Å². The molecule has 0 unspecified atom stereocenters. The van der Waals surface area contributed by atoms with Crippen LogP contribution in [0.2, 0.25) is 0 Å². The van der Waals surface area contributed by atoms with Gasteiger partial charge < -0.3 is 4.57 Å². The van der Waals surface area contributed by atoms with Crippen LogP contribution in [0.4, 0.5) is 0 Å². The molecule has 1 heterocycles. The van der Waals surface area contributed by atoms with Crippen molar-refractivity contribution in [3.8, 4) is 0 Å². The van der Waals surface area contributed by atoms with E-state index < -0.39 is 0 Å². The van der Waals surface area contributed by atoms with E-state index >= 15 is 0 Å². The number of rotatable bonds is 4. The Labute approximate surface area is 108 Å².